The van der Waals surface area contributed by atoms with Crippen LogP contribution in [-0.2, 0) is 11.2 Å². The summed E-state index contributed by atoms with van der Waals surface area (Å²) in [7, 11) is 0. The predicted octanol–water partition coefficient (Wildman–Crippen LogP) is 2.04. The van der Waals surface area contributed by atoms with Crippen LogP contribution in [0, 0.1) is 0 Å². The molecule has 0 aliphatic heterocycles. The zero-order valence-corrected chi connectivity index (χ0v) is 12.9. The van der Waals surface area contributed by atoms with Crippen LogP contribution in [0.4, 0.5) is 5.69 Å². The molecule has 1 aromatic carbocycles. The third kappa shape index (κ3) is 4.98. The highest BCUT2D eigenvalue weighted by Crippen LogP contribution is 2.10. The van der Waals surface area contributed by atoms with E-state index in [0.29, 0.717) is 24.2 Å². The average Bonchev–Trinajstić information content (AvgIpc) is 3.04. The summed E-state index contributed by atoms with van der Waals surface area (Å²) in [6.07, 6.45) is 0.817. The molecule has 0 aliphatic rings. The maximum Gasteiger partial charge on any atom is 0.252 e. The lowest BCUT2D eigenvalue weighted by Gasteiger charge is -2.07. The van der Waals surface area contributed by atoms with Gasteiger partial charge in [0.1, 0.15) is 0 Å². The lowest BCUT2D eigenvalue weighted by molar-refractivity contribution is -0.116. The molecule has 0 unspecified atom stereocenters. The van der Waals surface area contributed by atoms with Crippen molar-refractivity contribution in [3.63, 3.8) is 0 Å². The highest BCUT2D eigenvalue weighted by molar-refractivity contribution is 7.08. The molecule has 6 heteroatoms. The molecule has 1 heterocycles. The molecule has 2 rings (SSSR count). The average molecular weight is 318 g/mol. The molecule has 0 spiro atoms. The number of amides is 2. The minimum absolute atomic E-state index is 0.107. The van der Waals surface area contributed by atoms with E-state index in [1.807, 2.05) is 17.5 Å². The Balaban J connectivity index is 1.72. The van der Waals surface area contributed by atoms with Crippen molar-refractivity contribution in [2.75, 3.05) is 18.5 Å². The SMILES string of the molecule is O=C(CCNC(=O)c1ccsc1)Nc1ccc(CCO)cc1. The second kappa shape index (κ2) is 8.31. The Kier molecular flexibility index (Phi) is 6.12. The topological polar surface area (TPSA) is 78.4 Å². The van der Waals surface area contributed by atoms with Crippen molar-refractivity contribution in [3.05, 3.63) is 52.2 Å². The molecule has 5 nitrogen and oxygen atoms in total. The zero-order valence-electron chi connectivity index (χ0n) is 12.0. The van der Waals surface area contributed by atoms with Gasteiger partial charge in [-0.1, -0.05) is 12.1 Å². The van der Waals surface area contributed by atoms with E-state index in [1.54, 1.807) is 23.6 Å². The zero-order chi connectivity index (χ0) is 15.8. The number of aliphatic hydroxyl groups is 1. The highest BCUT2D eigenvalue weighted by Gasteiger charge is 2.07. The molecular weight excluding hydrogens is 300 g/mol. The summed E-state index contributed by atoms with van der Waals surface area (Å²) in [5.74, 6) is -0.317. The fourth-order valence-electron chi connectivity index (χ4n) is 1.89. The molecular formula is C16H18N2O3S. The number of rotatable bonds is 7. The van der Waals surface area contributed by atoms with Crippen molar-refractivity contribution in [1.29, 1.82) is 0 Å². The van der Waals surface area contributed by atoms with Crippen molar-refractivity contribution >= 4 is 28.8 Å². The number of carbonyl (C=O) groups excluding carboxylic acids is 2. The summed E-state index contributed by atoms with van der Waals surface area (Å²) in [6.45, 7) is 0.401. The van der Waals surface area contributed by atoms with Gasteiger partial charge >= 0.3 is 0 Å². The van der Waals surface area contributed by atoms with E-state index >= 15 is 0 Å². The van der Waals surface area contributed by atoms with E-state index in [1.165, 1.54) is 11.3 Å². The Labute approximate surface area is 133 Å². The summed E-state index contributed by atoms with van der Waals surface area (Å²) in [4.78, 5) is 23.5. The van der Waals surface area contributed by atoms with Crippen LogP contribution in [0.25, 0.3) is 0 Å². The van der Waals surface area contributed by atoms with Gasteiger partial charge in [0.2, 0.25) is 5.91 Å². The van der Waals surface area contributed by atoms with E-state index in [0.717, 1.165) is 5.56 Å². The summed E-state index contributed by atoms with van der Waals surface area (Å²) >= 11 is 1.46. The first-order valence-electron chi connectivity index (χ1n) is 6.99. The van der Waals surface area contributed by atoms with Crippen molar-refractivity contribution in [3.8, 4) is 0 Å². The van der Waals surface area contributed by atoms with E-state index < -0.39 is 0 Å². The third-order valence-corrected chi connectivity index (χ3v) is 3.74. The number of hydrogen-bond acceptors (Lipinski definition) is 4. The number of thiophene rings is 1. The first-order valence-corrected chi connectivity index (χ1v) is 7.93. The van der Waals surface area contributed by atoms with Crippen molar-refractivity contribution in [2.24, 2.45) is 0 Å². The van der Waals surface area contributed by atoms with Crippen LogP contribution in [0.3, 0.4) is 0 Å². The standard InChI is InChI=1S/C16H18N2O3S/c19-9-6-12-1-3-14(4-2-12)18-15(20)5-8-17-16(21)13-7-10-22-11-13/h1-4,7,10-11,19H,5-6,8-9H2,(H,17,21)(H,18,20). The molecule has 2 aromatic rings. The Bertz CT molecular complexity index is 609. The molecule has 1 aromatic heterocycles. The van der Waals surface area contributed by atoms with Crippen LogP contribution in [-0.4, -0.2) is 30.1 Å². The van der Waals surface area contributed by atoms with Crippen LogP contribution in [0.1, 0.15) is 22.3 Å². The van der Waals surface area contributed by atoms with Crippen LogP contribution >= 0.6 is 11.3 Å². The van der Waals surface area contributed by atoms with Gasteiger partial charge in [-0.05, 0) is 35.6 Å². The van der Waals surface area contributed by atoms with Gasteiger partial charge in [-0.2, -0.15) is 11.3 Å². The molecule has 0 radical (unpaired) electrons. The molecule has 0 fully saturated rings. The number of aliphatic hydroxyl groups excluding tert-OH is 1. The quantitative estimate of drug-likeness (QED) is 0.731. The fourth-order valence-corrected chi connectivity index (χ4v) is 2.53. The normalized spacial score (nSPS) is 10.2. The number of nitrogens with one attached hydrogen (secondary N) is 2. The lowest BCUT2D eigenvalue weighted by Crippen LogP contribution is -2.27. The Morgan fingerprint density at radius 1 is 1.14 bits per heavy atom. The minimum Gasteiger partial charge on any atom is -0.396 e. The molecule has 3 N–H and O–H groups in total. The fraction of sp³-hybridized carbons (Fsp3) is 0.250. The maximum absolute atomic E-state index is 11.8. The maximum atomic E-state index is 11.8. The molecule has 0 atom stereocenters. The summed E-state index contributed by atoms with van der Waals surface area (Å²) in [5.41, 5.74) is 2.34. The van der Waals surface area contributed by atoms with Gasteiger partial charge in [0, 0.05) is 36.2 Å². The molecule has 0 bridgehead atoms. The summed E-state index contributed by atoms with van der Waals surface area (Å²) in [5, 5.41) is 17.9. The Morgan fingerprint density at radius 3 is 2.55 bits per heavy atom. The monoisotopic (exact) mass is 318 g/mol. The Hall–Kier alpha value is -2.18. The van der Waals surface area contributed by atoms with Gasteiger partial charge in [-0.15, -0.1) is 0 Å². The first kappa shape index (κ1) is 16.2. The number of carbonyl (C=O) groups is 2. The van der Waals surface area contributed by atoms with E-state index in [4.69, 9.17) is 5.11 Å². The third-order valence-electron chi connectivity index (χ3n) is 3.06. The highest BCUT2D eigenvalue weighted by atomic mass is 32.1. The second-order valence-electron chi connectivity index (χ2n) is 4.74. The van der Waals surface area contributed by atoms with Gasteiger partial charge in [-0.25, -0.2) is 0 Å². The van der Waals surface area contributed by atoms with Gasteiger partial charge in [0.15, 0.2) is 0 Å². The first-order chi connectivity index (χ1) is 10.7. The van der Waals surface area contributed by atoms with Crippen molar-refractivity contribution in [2.45, 2.75) is 12.8 Å². The van der Waals surface area contributed by atoms with Crippen LogP contribution in [0.15, 0.2) is 41.1 Å². The number of benzene rings is 1. The molecule has 0 saturated carbocycles. The minimum atomic E-state index is -0.164. The number of anilines is 1. The Morgan fingerprint density at radius 2 is 1.91 bits per heavy atom. The van der Waals surface area contributed by atoms with E-state index in [9.17, 15) is 9.59 Å². The summed E-state index contributed by atoms with van der Waals surface area (Å²) in [6, 6.07) is 9.07. The number of hydrogen-bond donors (Lipinski definition) is 3. The van der Waals surface area contributed by atoms with Gasteiger partial charge in [0.25, 0.3) is 5.91 Å². The predicted molar refractivity (Wildman–Crippen MR) is 87.1 cm³/mol. The second-order valence-corrected chi connectivity index (χ2v) is 5.52. The van der Waals surface area contributed by atoms with Crippen molar-refractivity contribution in [1.82, 2.24) is 5.32 Å². The van der Waals surface area contributed by atoms with Crippen LogP contribution in [0.2, 0.25) is 0 Å². The molecule has 0 aliphatic carbocycles. The van der Waals surface area contributed by atoms with Crippen LogP contribution in [0.5, 0.6) is 0 Å². The largest absolute Gasteiger partial charge is 0.396 e. The smallest absolute Gasteiger partial charge is 0.252 e. The van der Waals surface area contributed by atoms with Crippen molar-refractivity contribution < 1.29 is 14.7 Å². The molecule has 0 saturated heterocycles. The van der Waals surface area contributed by atoms with E-state index in [-0.39, 0.29) is 24.8 Å². The summed E-state index contributed by atoms with van der Waals surface area (Å²) < 4.78 is 0. The lowest BCUT2D eigenvalue weighted by atomic mass is 10.1. The molecule has 2 amide bonds. The van der Waals surface area contributed by atoms with Gasteiger partial charge in [0.05, 0.1) is 0 Å². The molecule has 116 valence electrons. The molecule has 22 heavy (non-hydrogen) atoms. The van der Waals surface area contributed by atoms with Gasteiger partial charge in [-0.3, -0.25) is 9.59 Å². The van der Waals surface area contributed by atoms with E-state index in [2.05, 4.69) is 10.6 Å². The van der Waals surface area contributed by atoms with Crippen LogP contribution < -0.4 is 10.6 Å². The van der Waals surface area contributed by atoms with Gasteiger partial charge < -0.3 is 15.7 Å².